The van der Waals surface area contributed by atoms with Gasteiger partial charge in [-0.15, -0.1) is 0 Å². The summed E-state index contributed by atoms with van der Waals surface area (Å²) in [6.07, 6.45) is 0.496. The maximum Gasteiger partial charge on any atom is 0.295 e. The van der Waals surface area contributed by atoms with E-state index in [0.717, 1.165) is 5.56 Å². The van der Waals surface area contributed by atoms with E-state index in [9.17, 15) is 19.8 Å². The highest BCUT2D eigenvalue weighted by Gasteiger charge is 2.46. The number of aromatic hydroxyl groups is 1. The largest absolute Gasteiger partial charge is 0.507 e. The van der Waals surface area contributed by atoms with E-state index in [4.69, 9.17) is 14.2 Å². The molecule has 0 spiro atoms. The lowest BCUT2D eigenvalue weighted by molar-refractivity contribution is -0.140. The van der Waals surface area contributed by atoms with E-state index in [1.54, 1.807) is 44.4 Å². The highest BCUT2D eigenvalue weighted by molar-refractivity contribution is 6.46. The van der Waals surface area contributed by atoms with Gasteiger partial charge in [0.25, 0.3) is 11.7 Å². The molecule has 188 valence electrons. The molecule has 8 heteroatoms. The minimum absolute atomic E-state index is 0.0143. The number of aliphatic hydroxyl groups is 1. The van der Waals surface area contributed by atoms with Crippen molar-refractivity contribution in [2.24, 2.45) is 0 Å². The van der Waals surface area contributed by atoms with Crippen LogP contribution in [0.15, 0.2) is 42.0 Å². The van der Waals surface area contributed by atoms with Crippen LogP contribution in [0.2, 0.25) is 0 Å². The summed E-state index contributed by atoms with van der Waals surface area (Å²) in [6.45, 7) is 8.48. The molecule has 1 atom stereocenters. The molecule has 0 aromatic heterocycles. The Hall–Kier alpha value is -3.52. The zero-order valence-electron chi connectivity index (χ0n) is 20.8. The lowest BCUT2D eigenvalue weighted by Crippen LogP contribution is -2.31. The van der Waals surface area contributed by atoms with Crippen LogP contribution in [0.3, 0.4) is 0 Å². The second-order valence-electron chi connectivity index (χ2n) is 8.65. The Labute approximate surface area is 205 Å². The van der Waals surface area contributed by atoms with Crippen LogP contribution in [0.1, 0.15) is 49.9 Å². The molecule has 35 heavy (non-hydrogen) atoms. The number of likely N-dealkylation sites (tertiary alicyclic amines) is 1. The van der Waals surface area contributed by atoms with Crippen LogP contribution < -0.4 is 9.47 Å². The molecule has 1 heterocycles. The maximum atomic E-state index is 13.2. The quantitative estimate of drug-likeness (QED) is 0.224. The molecule has 3 rings (SSSR count). The first-order valence-corrected chi connectivity index (χ1v) is 11.7. The van der Waals surface area contributed by atoms with Crippen molar-refractivity contribution in [3.05, 3.63) is 58.7 Å². The van der Waals surface area contributed by atoms with Crippen LogP contribution in [0.4, 0.5) is 0 Å². The zero-order valence-corrected chi connectivity index (χ0v) is 20.8. The fourth-order valence-electron chi connectivity index (χ4n) is 4.15. The molecular formula is C27H33NO7. The fraction of sp³-hybridized carbons (Fsp3) is 0.407. The van der Waals surface area contributed by atoms with Crippen LogP contribution in [0.5, 0.6) is 17.2 Å². The van der Waals surface area contributed by atoms with E-state index >= 15 is 0 Å². The first-order valence-electron chi connectivity index (χ1n) is 11.7. The van der Waals surface area contributed by atoms with E-state index in [1.165, 1.54) is 11.0 Å². The minimum atomic E-state index is -0.849. The van der Waals surface area contributed by atoms with Crippen molar-refractivity contribution in [1.82, 2.24) is 4.90 Å². The molecule has 2 aromatic carbocycles. The third-order valence-corrected chi connectivity index (χ3v) is 5.70. The number of hydrogen-bond acceptors (Lipinski definition) is 7. The molecule has 1 aliphatic heterocycles. The lowest BCUT2D eigenvalue weighted by Gasteiger charge is -2.26. The van der Waals surface area contributed by atoms with Gasteiger partial charge in [0.1, 0.15) is 11.5 Å². The van der Waals surface area contributed by atoms with Gasteiger partial charge in [0.05, 0.1) is 24.3 Å². The number of aryl methyl sites for hydroxylation is 1. The zero-order chi connectivity index (χ0) is 25.7. The van der Waals surface area contributed by atoms with Crippen molar-refractivity contribution >= 4 is 17.4 Å². The van der Waals surface area contributed by atoms with E-state index in [2.05, 4.69) is 0 Å². The Morgan fingerprint density at radius 3 is 2.49 bits per heavy atom. The number of ether oxygens (including phenoxy) is 3. The maximum absolute atomic E-state index is 13.2. The smallest absolute Gasteiger partial charge is 0.295 e. The van der Waals surface area contributed by atoms with Gasteiger partial charge in [-0.2, -0.15) is 0 Å². The summed E-state index contributed by atoms with van der Waals surface area (Å²) in [5.74, 6) is -0.881. The molecule has 1 aliphatic rings. The summed E-state index contributed by atoms with van der Waals surface area (Å²) in [7, 11) is 1.56. The number of methoxy groups -OCH3 is 1. The van der Waals surface area contributed by atoms with Crippen molar-refractivity contribution in [2.45, 2.75) is 46.3 Å². The summed E-state index contributed by atoms with van der Waals surface area (Å²) in [6, 6.07) is 8.95. The van der Waals surface area contributed by atoms with Gasteiger partial charge in [-0.1, -0.05) is 6.07 Å². The van der Waals surface area contributed by atoms with Crippen molar-refractivity contribution in [3.8, 4) is 17.2 Å². The molecule has 2 N–H and O–H groups in total. The molecule has 8 nitrogen and oxygen atoms in total. The number of phenolic OH excluding ortho intramolecular Hbond substituents is 1. The summed E-state index contributed by atoms with van der Waals surface area (Å²) in [5, 5.41) is 21.4. The van der Waals surface area contributed by atoms with Crippen molar-refractivity contribution < 1.29 is 34.0 Å². The van der Waals surface area contributed by atoms with E-state index < -0.39 is 17.7 Å². The van der Waals surface area contributed by atoms with Gasteiger partial charge in [0.15, 0.2) is 11.5 Å². The van der Waals surface area contributed by atoms with E-state index in [-0.39, 0.29) is 35.5 Å². The summed E-state index contributed by atoms with van der Waals surface area (Å²) >= 11 is 0. The monoisotopic (exact) mass is 483 g/mol. The van der Waals surface area contributed by atoms with Crippen molar-refractivity contribution in [3.63, 3.8) is 0 Å². The molecule has 0 radical (unpaired) electrons. The molecule has 0 saturated carbocycles. The normalized spacial score (nSPS) is 17.3. The van der Waals surface area contributed by atoms with Crippen molar-refractivity contribution in [2.75, 3.05) is 26.9 Å². The Bertz CT molecular complexity index is 1120. The fourth-order valence-corrected chi connectivity index (χ4v) is 4.15. The second kappa shape index (κ2) is 11.3. The molecular weight excluding hydrogens is 450 g/mol. The second-order valence-corrected chi connectivity index (χ2v) is 8.65. The number of carbonyl (C=O) groups is 2. The molecule has 1 fully saturated rings. The Balaban J connectivity index is 2.13. The predicted octanol–water partition coefficient (Wildman–Crippen LogP) is 4.34. The standard InChI is InChI=1S/C27H33NO7/c1-6-34-22-15-18(8-10-20(22)29)24-23(26(31)27(32)28(24)12-7-13-33-5)25(30)19-9-11-21(17(4)14-19)35-16(2)3/h8-11,14-16,24,29-30H,6-7,12-13H2,1-5H3/b25-23-. The van der Waals surface area contributed by atoms with Crippen LogP contribution in [0, 0.1) is 6.92 Å². The third kappa shape index (κ3) is 5.59. The number of rotatable bonds is 10. The number of benzene rings is 2. The van der Waals surface area contributed by atoms with Gasteiger partial charge in [-0.25, -0.2) is 0 Å². The topological polar surface area (TPSA) is 106 Å². The molecule has 0 aliphatic carbocycles. The van der Waals surface area contributed by atoms with Crippen molar-refractivity contribution in [1.29, 1.82) is 0 Å². The number of Topliss-reactive ketones (excluding diaryl/α,β-unsaturated/α-hetero) is 1. The Morgan fingerprint density at radius 1 is 1.11 bits per heavy atom. The highest BCUT2D eigenvalue weighted by Crippen LogP contribution is 2.42. The van der Waals surface area contributed by atoms with E-state index in [1.807, 2.05) is 20.8 Å². The Kier molecular flexibility index (Phi) is 8.40. The van der Waals surface area contributed by atoms with Gasteiger partial charge < -0.3 is 29.3 Å². The predicted molar refractivity (Wildman–Crippen MR) is 132 cm³/mol. The van der Waals surface area contributed by atoms with Gasteiger partial charge in [0, 0.05) is 25.8 Å². The van der Waals surface area contributed by atoms with Gasteiger partial charge >= 0.3 is 0 Å². The van der Waals surface area contributed by atoms with Gasteiger partial charge in [-0.3, -0.25) is 9.59 Å². The number of carbonyl (C=O) groups excluding carboxylic acids is 2. The molecule has 1 saturated heterocycles. The molecule has 2 aromatic rings. The molecule has 0 bridgehead atoms. The first kappa shape index (κ1) is 26.1. The van der Waals surface area contributed by atoms with Crippen LogP contribution in [-0.4, -0.2) is 59.8 Å². The number of hydrogen-bond donors (Lipinski definition) is 2. The lowest BCUT2D eigenvalue weighted by atomic mass is 9.94. The minimum Gasteiger partial charge on any atom is -0.507 e. The number of phenols is 1. The van der Waals surface area contributed by atoms with Crippen LogP contribution >= 0.6 is 0 Å². The Morgan fingerprint density at radius 2 is 1.86 bits per heavy atom. The van der Waals surface area contributed by atoms with Gasteiger partial charge in [0.2, 0.25) is 0 Å². The third-order valence-electron chi connectivity index (χ3n) is 5.70. The summed E-state index contributed by atoms with van der Waals surface area (Å²) < 4.78 is 16.4. The highest BCUT2D eigenvalue weighted by atomic mass is 16.5. The summed E-state index contributed by atoms with van der Waals surface area (Å²) in [5.41, 5.74) is 1.72. The number of aliphatic hydroxyl groups excluding tert-OH is 1. The summed E-state index contributed by atoms with van der Waals surface area (Å²) in [4.78, 5) is 27.6. The SMILES string of the molecule is CCOc1cc(C2/C(=C(/O)c3ccc(OC(C)C)c(C)c3)C(=O)C(=O)N2CCCOC)ccc1O. The molecule has 1 unspecified atom stereocenters. The number of amides is 1. The first-order chi connectivity index (χ1) is 16.7. The average molecular weight is 484 g/mol. The van der Waals surface area contributed by atoms with Crippen LogP contribution in [-0.2, 0) is 14.3 Å². The van der Waals surface area contributed by atoms with E-state index in [0.29, 0.717) is 36.5 Å². The van der Waals surface area contributed by atoms with Gasteiger partial charge in [-0.05, 0) is 75.6 Å². The van der Waals surface area contributed by atoms with Crippen LogP contribution in [0.25, 0.3) is 5.76 Å². The number of ketones is 1. The number of nitrogens with zero attached hydrogens (tertiary/aromatic N) is 1. The molecule has 1 amide bonds. The average Bonchev–Trinajstić information content (AvgIpc) is 3.06.